The molecule has 3 aromatic rings. The minimum Gasteiger partial charge on any atom is -0.454 e. The number of benzene rings is 2. The van der Waals surface area contributed by atoms with E-state index in [0.29, 0.717) is 36.1 Å². The summed E-state index contributed by atoms with van der Waals surface area (Å²) in [6.45, 7) is 3.01. The predicted octanol–water partition coefficient (Wildman–Crippen LogP) is 3.88. The van der Waals surface area contributed by atoms with E-state index in [9.17, 15) is 4.39 Å². The van der Waals surface area contributed by atoms with E-state index in [1.54, 1.807) is 18.2 Å². The average molecular weight is 366 g/mol. The Morgan fingerprint density at radius 3 is 2.48 bits per heavy atom. The Balaban J connectivity index is 1.42. The van der Waals surface area contributed by atoms with Gasteiger partial charge < -0.3 is 20.1 Å². The molecule has 138 valence electrons. The van der Waals surface area contributed by atoms with Crippen LogP contribution in [0.15, 0.2) is 48.5 Å². The first-order valence-electron chi connectivity index (χ1n) is 8.63. The number of nitrogens with zero attached hydrogens (tertiary/aromatic N) is 2. The molecule has 0 bridgehead atoms. The molecule has 0 radical (unpaired) electrons. The Morgan fingerprint density at radius 1 is 0.926 bits per heavy atom. The fourth-order valence-electron chi connectivity index (χ4n) is 2.82. The van der Waals surface area contributed by atoms with Crippen molar-refractivity contribution >= 4 is 11.6 Å². The number of aromatic nitrogens is 2. The minimum absolute atomic E-state index is 0.239. The lowest BCUT2D eigenvalue weighted by Gasteiger charge is -2.11. The number of hydrogen-bond donors (Lipinski definition) is 2. The van der Waals surface area contributed by atoms with Crippen molar-refractivity contribution in [2.24, 2.45) is 0 Å². The summed E-state index contributed by atoms with van der Waals surface area (Å²) in [6, 6.07) is 14.3. The number of anilines is 2. The summed E-state index contributed by atoms with van der Waals surface area (Å²) in [5.74, 6) is 3.23. The fraction of sp³-hybridized carbons (Fsp3) is 0.200. The Hall–Kier alpha value is -3.35. The zero-order valence-corrected chi connectivity index (χ0v) is 14.8. The van der Waals surface area contributed by atoms with Gasteiger partial charge in [-0.15, -0.1) is 0 Å². The van der Waals surface area contributed by atoms with Crippen molar-refractivity contribution in [2.45, 2.75) is 20.0 Å². The van der Waals surface area contributed by atoms with Gasteiger partial charge in [0.15, 0.2) is 11.5 Å². The average Bonchev–Trinajstić information content (AvgIpc) is 3.13. The number of nitrogens with one attached hydrogen (secondary N) is 2. The molecule has 27 heavy (non-hydrogen) atoms. The van der Waals surface area contributed by atoms with Crippen LogP contribution in [-0.2, 0) is 13.1 Å². The number of halogens is 1. The molecule has 2 N–H and O–H groups in total. The van der Waals surface area contributed by atoms with Crippen molar-refractivity contribution < 1.29 is 13.9 Å². The highest BCUT2D eigenvalue weighted by atomic mass is 19.1. The molecule has 7 heteroatoms. The molecule has 0 aliphatic carbocycles. The maximum absolute atomic E-state index is 13.7. The summed E-state index contributed by atoms with van der Waals surface area (Å²) in [5, 5.41) is 6.43. The van der Waals surface area contributed by atoms with Gasteiger partial charge in [-0.25, -0.2) is 14.4 Å². The highest BCUT2D eigenvalue weighted by molar-refractivity contribution is 5.49. The topological polar surface area (TPSA) is 68.3 Å². The summed E-state index contributed by atoms with van der Waals surface area (Å²) < 4.78 is 24.5. The standard InChI is InChI=1S/C20H19FN4O2/c1-13-24-19(22-10-14-6-7-17-18(8-14)27-12-26-17)9-20(25-13)23-11-15-4-2-3-5-16(15)21/h2-9H,10-12H2,1H3,(H2,22,23,24,25). The van der Waals surface area contributed by atoms with Crippen LogP contribution in [0.1, 0.15) is 17.0 Å². The second-order valence-electron chi connectivity index (χ2n) is 6.17. The van der Waals surface area contributed by atoms with E-state index in [1.165, 1.54) is 6.07 Å². The van der Waals surface area contributed by atoms with Crippen LogP contribution in [-0.4, -0.2) is 16.8 Å². The van der Waals surface area contributed by atoms with Gasteiger partial charge in [0.1, 0.15) is 23.3 Å². The number of hydrogen-bond acceptors (Lipinski definition) is 6. The summed E-state index contributed by atoms with van der Waals surface area (Å²) in [7, 11) is 0. The van der Waals surface area contributed by atoms with Crippen molar-refractivity contribution in [2.75, 3.05) is 17.4 Å². The molecule has 0 amide bonds. The third kappa shape index (κ3) is 4.08. The predicted molar refractivity (Wildman–Crippen MR) is 100 cm³/mol. The molecule has 2 heterocycles. The number of rotatable bonds is 6. The van der Waals surface area contributed by atoms with Crippen molar-refractivity contribution in [1.82, 2.24) is 9.97 Å². The van der Waals surface area contributed by atoms with E-state index < -0.39 is 0 Å². The third-order valence-corrected chi connectivity index (χ3v) is 4.17. The first-order valence-corrected chi connectivity index (χ1v) is 8.63. The summed E-state index contributed by atoms with van der Waals surface area (Å²) in [6.07, 6.45) is 0. The highest BCUT2D eigenvalue weighted by Crippen LogP contribution is 2.32. The monoisotopic (exact) mass is 366 g/mol. The lowest BCUT2D eigenvalue weighted by molar-refractivity contribution is 0.174. The zero-order valence-electron chi connectivity index (χ0n) is 14.8. The molecule has 0 fully saturated rings. The Labute approximate surface area is 156 Å². The quantitative estimate of drug-likeness (QED) is 0.690. The van der Waals surface area contributed by atoms with Gasteiger partial charge in [-0.3, -0.25) is 0 Å². The van der Waals surface area contributed by atoms with E-state index in [1.807, 2.05) is 31.2 Å². The van der Waals surface area contributed by atoms with Crippen LogP contribution in [0.4, 0.5) is 16.0 Å². The van der Waals surface area contributed by atoms with Gasteiger partial charge in [0.05, 0.1) is 0 Å². The van der Waals surface area contributed by atoms with Crippen LogP contribution in [0.5, 0.6) is 11.5 Å². The van der Waals surface area contributed by atoms with Gasteiger partial charge in [-0.2, -0.15) is 0 Å². The second-order valence-corrected chi connectivity index (χ2v) is 6.17. The third-order valence-electron chi connectivity index (χ3n) is 4.17. The van der Waals surface area contributed by atoms with Crippen LogP contribution in [0.25, 0.3) is 0 Å². The van der Waals surface area contributed by atoms with Gasteiger partial charge in [0.25, 0.3) is 0 Å². The van der Waals surface area contributed by atoms with Crippen LogP contribution >= 0.6 is 0 Å². The maximum atomic E-state index is 13.7. The van der Waals surface area contributed by atoms with Gasteiger partial charge in [-0.05, 0) is 30.7 Å². The SMILES string of the molecule is Cc1nc(NCc2ccc3c(c2)OCO3)cc(NCc2ccccc2F)n1. The molecule has 0 unspecified atom stereocenters. The number of fused-ring (bicyclic) bond motifs is 1. The van der Waals surface area contributed by atoms with Crippen LogP contribution < -0.4 is 20.1 Å². The molecule has 1 aliphatic heterocycles. The molecule has 0 saturated heterocycles. The maximum Gasteiger partial charge on any atom is 0.231 e. The molecule has 2 aromatic carbocycles. The molecular formula is C20H19FN4O2. The lowest BCUT2D eigenvalue weighted by atomic mass is 10.2. The molecular weight excluding hydrogens is 347 g/mol. The van der Waals surface area contributed by atoms with E-state index in [0.717, 1.165) is 17.1 Å². The van der Waals surface area contributed by atoms with E-state index in [2.05, 4.69) is 20.6 Å². The molecule has 0 saturated carbocycles. The number of aryl methyl sites for hydroxylation is 1. The lowest BCUT2D eigenvalue weighted by Crippen LogP contribution is -2.07. The van der Waals surface area contributed by atoms with Crippen molar-refractivity contribution in [3.05, 3.63) is 71.3 Å². The second kappa shape index (κ2) is 7.49. The Morgan fingerprint density at radius 2 is 1.67 bits per heavy atom. The van der Waals surface area contributed by atoms with Crippen LogP contribution in [0.3, 0.4) is 0 Å². The van der Waals surface area contributed by atoms with E-state index in [-0.39, 0.29) is 12.6 Å². The molecule has 4 rings (SSSR count). The molecule has 1 aliphatic rings. The highest BCUT2D eigenvalue weighted by Gasteiger charge is 2.13. The van der Waals surface area contributed by atoms with E-state index in [4.69, 9.17) is 9.47 Å². The van der Waals surface area contributed by atoms with Crippen molar-refractivity contribution in [3.63, 3.8) is 0 Å². The first kappa shape index (κ1) is 17.1. The van der Waals surface area contributed by atoms with Crippen molar-refractivity contribution in [1.29, 1.82) is 0 Å². The molecule has 0 spiro atoms. The zero-order chi connectivity index (χ0) is 18.6. The van der Waals surface area contributed by atoms with Gasteiger partial charge in [0, 0.05) is 24.7 Å². The summed E-state index contributed by atoms with van der Waals surface area (Å²) in [5.41, 5.74) is 1.64. The summed E-state index contributed by atoms with van der Waals surface area (Å²) in [4.78, 5) is 8.76. The Kier molecular flexibility index (Phi) is 4.74. The fourth-order valence-corrected chi connectivity index (χ4v) is 2.82. The minimum atomic E-state index is -0.239. The normalized spacial score (nSPS) is 12.1. The van der Waals surface area contributed by atoms with Gasteiger partial charge >= 0.3 is 0 Å². The van der Waals surface area contributed by atoms with Gasteiger partial charge in [0.2, 0.25) is 6.79 Å². The largest absolute Gasteiger partial charge is 0.454 e. The molecule has 0 atom stereocenters. The Bertz CT molecular complexity index is 964. The molecule has 1 aromatic heterocycles. The van der Waals surface area contributed by atoms with Crippen LogP contribution in [0.2, 0.25) is 0 Å². The smallest absolute Gasteiger partial charge is 0.231 e. The van der Waals surface area contributed by atoms with Gasteiger partial charge in [-0.1, -0.05) is 24.3 Å². The summed E-state index contributed by atoms with van der Waals surface area (Å²) >= 11 is 0. The van der Waals surface area contributed by atoms with Crippen molar-refractivity contribution in [3.8, 4) is 11.5 Å². The molecule has 6 nitrogen and oxygen atoms in total. The first-order chi connectivity index (χ1) is 13.2. The van der Waals surface area contributed by atoms with Crippen LogP contribution in [0, 0.1) is 12.7 Å². The number of ether oxygens (including phenoxy) is 2. The van der Waals surface area contributed by atoms with E-state index >= 15 is 0 Å².